The van der Waals surface area contributed by atoms with Crippen molar-refractivity contribution >= 4 is 29.0 Å². The van der Waals surface area contributed by atoms with Crippen LogP contribution in [0.1, 0.15) is 24.2 Å². The first-order valence-electron chi connectivity index (χ1n) is 6.26. The number of Topliss-reactive ketones (excluding diaryl/α,β-unsaturated/α-hetero) is 1. The van der Waals surface area contributed by atoms with Crippen molar-refractivity contribution < 1.29 is 9.53 Å². The molecule has 104 valence electrons. The first-order valence-corrected chi connectivity index (χ1v) is 7.02. The topological polar surface area (TPSA) is 26.3 Å². The Bertz CT molecular complexity index is 651. The lowest BCUT2D eigenvalue weighted by Gasteiger charge is -2.12. The molecule has 0 fully saturated rings. The van der Waals surface area contributed by atoms with Gasteiger partial charge in [-0.3, -0.25) is 4.79 Å². The molecule has 0 atom stereocenters. The molecule has 0 aliphatic heterocycles. The zero-order valence-corrected chi connectivity index (χ0v) is 12.8. The highest BCUT2D eigenvalue weighted by Crippen LogP contribution is 2.38. The Hall–Kier alpha value is -1.51. The normalized spacial score (nSPS) is 10.4. The van der Waals surface area contributed by atoms with Crippen LogP contribution in [0.25, 0.3) is 11.1 Å². The lowest BCUT2D eigenvalue weighted by atomic mass is 9.97. The molecule has 4 heteroatoms. The van der Waals surface area contributed by atoms with Crippen LogP contribution in [0, 0.1) is 0 Å². The van der Waals surface area contributed by atoms with Gasteiger partial charge >= 0.3 is 0 Å². The summed E-state index contributed by atoms with van der Waals surface area (Å²) in [6, 6.07) is 10.7. The maximum atomic E-state index is 11.7. The standard InChI is InChI=1S/C16H14Cl2O2/c1-3-20-16-9-14(17)13(8-15(16)18)12-7-5-4-6-11(12)10(2)19/h4-9H,3H2,1-2H3. The molecule has 0 amide bonds. The molecule has 0 aromatic heterocycles. The molecule has 0 unspecified atom stereocenters. The summed E-state index contributed by atoms with van der Waals surface area (Å²) in [5.41, 5.74) is 2.12. The number of ketones is 1. The fraction of sp³-hybridized carbons (Fsp3) is 0.188. The van der Waals surface area contributed by atoms with Crippen LogP contribution in [0.3, 0.4) is 0 Å². The number of rotatable bonds is 4. The SMILES string of the molecule is CCOc1cc(Cl)c(-c2ccccc2C(C)=O)cc1Cl. The van der Waals surface area contributed by atoms with Crippen molar-refractivity contribution in [1.29, 1.82) is 0 Å². The van der Waals surface area contributed by atoms with Crippen LogP contribution in [-0.4, -0.2) is 12.4 Å². The zero-order valence-electron chi connectivity index (χ0n) is 11.2. The molecule has 0 spiro atoms. The summed E-state index contributed by atoms with van der Waals surface area (Å²) in [6.45, 7) is 3.92. The van der Waals surface area contributed by atoms with Gasteiger partial charge in [0.1, 0.15) is 5.75 Å². The minimum atomic E-state index is -0.0123. The zero-order chi connectivity index (χ0) is 14.7. The number of hydrogen-bond acceptors (Lipinski definition) is 2. The highest BCUT2D eigenvalue weighted by Gasteiger charge is 2.14. The largest absolute Gasteiger partial charge is 0.492 e. The van der Waals surface area contributed by atoms with Crippen molar-refractivity contribution in [2.45, 2.75) is 13.8 Å². The summed E-state index contributed by atoms with van der Waals surface area (Å²) in [5.74, 6) is 0.532. The molecule has 0 heterocycles. The maximum absolute atomic E-state index is 11.7. The van der Waals surface area contributed by atoms with Crippen LogP contribution < -0.4 is 4.74 Å². The Morgan fingerprint density at radius 2 is 1.80 bits per heavy atom. The van der Waals surface area contributed by atoms with Crippen LogP contribution >= 0.6 is 23.2 Å². The van der Waals surface area contributed by atoms with E-state index in [9.17, 15) is 4.79 Å². The summed E-state index contributed by atoms with van der Waals surface area (Å²) >= 11 is 12.5. The molecule has 20 heavy (non-hydrogen) atoms. The summed E-state index contributed by atoms with van der Waals surface area (Å²) in [5, 5.41) is 0.983. The Labute approximate surface area is 128 Å². The van der Waals surface area contributed by atoms with E-state index in [0.29, 0.717) is 28.0 Å². The van der Waals surface area contributed by atoms with Crippen molar-refractivity contribution in [3.8, 4) is 16.9 Å². The van der Waals surface area contributed by atoms with Crippen LogP contribution in [0.4, 0.5) is 0 Å². The molecule has 0 saturated carbocycles. The Kier molecular flexibility index (Phi) is 4.69. The minimum Gasteiger partial charge on any atom is -0.492 e. The summed E-state index contributed by atoms with van der Waals surface area (Å²) in [7, 11) is 0. The number of benzene rings is 2. The third kappa shape index (κ3) is 2.97. The molecule has 2 aromatic rings. The van der Waals surface area contributed by atoms with Crippen molar-refractivity contribution in [1.82, 2.24) is 0 Å². The number of halogens is 2. The lowest BCUT2D eigenvalue weighted by molar-refractivity contribution is 0.101. The minimum absolute atomic E-state index is 0.0123. The molecule has 0 saturated heterocycles. The van der Waals surface area contributed by atoms with E-state index in [4.69, 9.17) is 27.9 Å². The van der Waals surface area contributed by atoms with Gasteiger partial charge in [-0.05, 0) is 25.5 Å². The fourth-order valence-corrected chi connectivity index (χ4v) is 2.50. The molecular formula is C16H14Cl2O2. The van der Waals surface area contributed by atoms with Crippen molar-refractivity contribution in [3.05, 3.63) is 52.0 Å². The summed E-state index contributed by atoms with van der Waals surface area (Å²) in [6.07, 6.45) is 0. The lowest BCUT2D eigenvalue weighted by Crippen LogP contribution is -1.97. The predicted octanol–water partition coefficient (Wildman–Crippen LogP) is 5.26. The maximum Gasteiger partial charge on any atom is 0.160 e. The van der Waals surface area contributed by atoms with Crippen LogP contribution in [0.15, 0.2) is 36.4 Å². The molecule has 0 radical (unpaired) electrons. The third-order valence-corrected chi connectivity index (χ3v) is 3.53. The highest BCUT2D eigenvalue weighted by molar-refractivity contribution is 6.36. The first-order chi connectivity index (χ1) is 9.54. The second-order valence-corrected chi connectivity index (χ2v) is 5.11. The molecule has 2 aromatic carbocycles. The molecule has 2 rings (SSSR count). The summed E-state index contributed by atoms with van der Waals surface area (Å²) < 4.78 is 5.40. The number of hydrogen-bond donors (Lipinski definition) is 0. The van der Waals surface area contributed by atoms with Crippen LogP contribution in [0.5, 0.6) is 5.75 Å². The first kappa shape index (κ1) is 14.9. The predicted molar refractivity (Wildman–Crippen MR) is 83.1 cm³/mol. The second-order valence-electron chi connectivity index (χ2n) is 4.30. The second kappa shape index (κ2) is 6.29. The molecule has 0 N–H and O–H groups in total. The van der Waals surface area contributed by atoms with Crippen molar-refractivity contribution in [3.63, 3.8) is 0 Å². The summed E-state index contributed by atoms with van der Waals surface area (Å²) in [4.78, 5) is 11.7. The van der Waals surface area contributed by atoms with Gasteiger partial charge in [0.2, 0.25) is 0 Å². The number of ether oxygens (including phenoxy) is 1. The Morgan fingerprint density at radius 3 is 2.45 bits per heavy atom. The van der Waals surface area contributed by atoms with Crippen LogP contribution in [0.2, 0.25) is 10.0 Å². The van der Waals surface area contributed by atoms with E-state index in [0.717, 1.165) is 11.1 Å². The van der Waals surface area contributed by atoms with E-state index in [1.807, 2.05) is 25.1 Å². The molecule has 0 bridgehead atoms. The van der Waals surface area contributed by atoms with Gasteiger partial charge in [-0.2, -0.15) is 0 Å². The van der Waals surface area contributed by atoms with Crippen molar-refractivity contribution in [2.24, 2.45) is 0 Å². The quantitative estimate of drug-likeness (QED) is 0.720. The Balaban J connectivity index is 2.59. The van der Waals surface area contributed by atoms with Gasteiger partial charge in [-0.25, -0.2) is 0 Å². The number of carbonyl (C=O) groups excluding carboxylic acids is 1. The van der Waals surface area contributed by atoms with Gasteiger partial charge in [0, 0.05) is 17.2 Å². The van der Waals surface area contributed by atoms with Crippen molar-refractivity contribution in [2.75, 3.05) is 6.61 Å². The van der Waals surface area contributed by atoms with E-state index < -0.39 is 0 Å². The van der Waals surface area contributed by atoms with E-state index in [1.165, 1.54) is 6.92 Å². The smallest absolute Gasteiger partial charge is 0.160 e. The monoisotopic (exact) mass is 308 g/mol. The molecule has 0 aliphatic rings. The average molecular weight is 309 g/mol. The van der Waals surface area contributed by atoms with Crippen LogP contribution in [-0.2, 0) is 0 Å². The van der Waals surface area contributed by atoms with E-state index in [2.05, 4.69) is 0 Å². The Morgan fingerprint density at radius 1 is 1.10 bits per heavy atom. The third-order valence-electron chi connectivity index (χ3n) is 2.92. The van der Waals surface area contributed by atoms with Gasteiger partial charge in [0.15, 0.2) is 5.78 Å². The van der Waals surface area contributed by atoms with Gasteiger partial charge in [-0.1, -0.05) is 47.5 Å². The van der Waals surface area contributed by atoms with Gasteiger partial charge in [0.25, 0.3) is 0 Å². The fourth-order valence-electron chi connectivity index (χ4n) is 2.03. The molecular weight excluding hydrogens is 295 g/mol. The van der Waals surface area contributed by atoms with E-state index in [-0.39, 0.29) is 5.78 Å². The van der Waals surface area contributed by atoms with Gasteiger partial charge in [-0.15, -0.1) is 0 Å². The molecule has 0 aliphatic carbocycles. The molecule has 2 nitrogen and oxygen atoms in total. The van der Waals surface area contributed by atoms with Gasteiger partial charge < -0.3 is 4.74 Å². The highest BCUT2D eigenvalue weighted by atomic mass is 35.5. The van der Waals surface area contributed by atoms with Gasteiger partial charge in [0.05, 0.1) is 16.7 Å². The van der Waals surface area contributed by atoms with E-state index in [1.54, 1.807) is 18.2 Å². The van der Waals surface area contributed by atoms with E-state index >= 15 is 0 Å². The average Bonchev–Trinajstić information content (AvgIpc) is 2.42. The number of carbonyl (C=O) groups is 1.